The number of rotatable bonds is 6. The van der Waals surface area contributed by atoms with Crippen molar-refractivity contribution in [3.63, 3.8) is 0 Å². The van der Waals surface area contributed by atoms with Crippen molar-refractivity contribution in [1.29, 1.82) is 0 Å². The van der Waals surface area contributed by atoms with E-state index in [2.05, 4.69) is 30.7 Å². The summed E-state index contributed by atoms with van der Waals surface area (Å²) in [5.74, 6) is 0.0498. The summed E-state index contributed by atoms with van der Waals surface area (Å²) in [6.07, 6.45) is 6.79. The first-order valence-corrected chi connectivity index (χ1v) is 8.97. The largest absolute Gasteiger partial charge is 0.363 e. The van der Waals surface area contributed by atoms with Crippen molar-refractivity contribution < 1.29 is 10.6 Å². The molecule has 0 saturated heterocycles. The van der Waals surface area contributed by atoms with Gasteiger partial charge in [-0.05, 0) is 23.8 Å². The maximum Gasteiger partial charge on any atom is 0.222 e. The van der Waals surface area contributed by atoms with Gasteiger partial charge < -0.3 is 10.6 Å². The maximum atomic E-state index is 13.3. The third kappa shape index (κ3) is 4.03. The molecule has 4 rings (SSSR count). The van der Waals surface area contributed by atoms with Gasteiger partial charge >= 0.3 is 0 Å². The van der Waals surface area contributed by atoms with Gasteiger partial charge in [0, 0.05) is 26.9 Å². The third-order valence-corrected chi connectivity index (χ3v) is 4.49. The van der Waals surface area contributed by atoms with Crippen molar-refractivity contribution in [2.24, 2.45) is 0 Å². The molecule has 8 nitrogen and oxygen atoms in total. The topological polar surface area (TPSA) is 97.1 Å². The first-order valence-electron chi connectivity index (χ1n) is 8.97. The number of anilines is 1. The molecule has 0 aliphatic carbocycles. The molecule has 3 aromatic heterocycles. The zero-order valence-electron chi connectivity index (χ0n) is 15.6. The van der Waals surface area contributed by atoms with Crippen LogP contribution in [-0.4, -0.2) is 37.5 Å². The van der Waals surface area contributed by atoms with Crippen molar-refractivity contribution in [2.75, 3.05) is 12.4 Å². The van der Waals surface area contributed by atoms with Crippen LogP contribution in [0.25, 0.3) is 16.9 Å². The summed E-state index contributed by atoms with van der Waals surface area (Å²) >= 11 is 0. The molecule has 1 atom stereocenters. The van der Waals surface area contributed by atoms with E-state index in [1.54, 1.807) is 54.4 Å². The number of carbonyl (C=O) groups excluding carboxylic acids is 1. The molecule has 0 bridgehead atoms. The molecular weight excluding hydrogens is 373 g/mol. The second-order valence-corrected chi connectivity index (χ2v) is 6.36. The number of aromatic nitrogens is 5. The molecule has 0 aliphatic rings. The molecule has 4 aromatic rings. The summed E-state index contributed by atoms with van der Waals surface area (Å²) in [6.45, 7) is 0. The average Bonchev–Trinajstić information content (AvgIpc) is 3.18. The number of nitrogens with one attached hydrogen (secondary N) is 2. The molecule has 0 radical (unpaired) electrons. The lowest BCUT2D eigenvalue weighted by Crippen LogP contribution is -2.24. The molecular formula is C20H20FN7O. The number of nitrogens with zero attached hydrogens (tertiary/aromatic N) is 5. The highest BCUT2D eigenvalue weighted by Gasteiger charge is 2.17. The molecule has 148 valence electrons. The van der Waals surface area contributed by atoms with Crippen molar-refractivity contribution in [2.45, 2.75) is 12.5 Å². The molecule has 1 amide bonds. The van der Waals surface area contributed by atoms with Crippen LogP contribution in [0.15, 0.2) is 61.3 Å². The number of fused-ring (bicyclic) bond motifs is 1. The van der Waals surface area contributed by atoms with Crippen LogP contribution in [0.1, 0.15) is 19.5 Å². The Morgan fingerprint density at radius 2 is 2.07 bits per heavy atom. The van der Waals surface area contributed by atoms with Crippen LogP contribution in [0.4, 0.5) is 10.2 Å². The number of benzene rings is 1. The summed E-state index contributed by atoms with van der Waals surface area (Å²) in [7, 11) is 1.57. The van der Waals surface area contributed by atoms with E-state index in [1.807, 2.05) is 0 Å². The number of carbonyl (C=O) groups is 1. The predicted octanol–water partition coefficient (Wildman–Crippen LogP) is 2.86. The van der Waals surface area contributed by atoms with Crippen LogP contribution >= 0.6 is 0 Å². The quantitative estimate of drug-likeness (QED) is 0.523. The minimum Gasteiger partial charge on any atom is -0.363 e. The molecule has 0 aliphatic heterocycles. The summed E-state index contributed by atoms with van der Waals surface area (Å²) in [6, 6.07) is 9.20. The lowest BCUT2D eigenvalue weighted by Gasteiger charge is -2.19. The van der Waals surface area contributed by atoms with Gasteiger partial charge in [-0.15, -0.1) is 0 Å². The SMILES string of the molecule is CNC(=O)CC(Nc1cc(-c2cnn3cccnc23)ncn1)c1ccc(F)cc1.[HH]. The fourth-order valence-corrected chi connectivity index (χ4v) is 3.00. The van der Waals surface area contributed by atoms with Crippen molar-refractivity contribution in [3.05, 3.63) is 72.7 Å². The molecule has 0 fully saturated rings. The Labute approximate surface area is 167 Å². The van der Waals surface area contributed by atoms with E-state index in [0.29, 0.717) is 17.2 Å². The van der Waals surface area contributed by atoms with Gasteiger partial charge in [-0.1, -0.05) is 12.1 Å². The fraction of sp³-hybridized carbons (Fsp3) is 0.150. The first-order chi connectivity index (χ1) is 14.1. The summed E-state index contributed by atoms with van der Waals surface area (Å²) in [5, 5.41) is 10.1. The van der Waals surface area contributed by atoms with Crippen LogP contribution in [0.2, 0.25) is 0 Å². The molecule has 9 heteroatoms. The van der Waals surface area contributed by atoms with Gasteiger partial charge in [-0.25, -0.2) is 23.9 Å². The van der Waals surface area contributed by atoms with Gasteiger partial charge in [-0.3, -0.25) is 4.79 Å². The molecule has 0 spiro atoms. The van der Waals surface area contributed by atoms with Gasteiger partial charge in [0.2, 0.25) is 5.91 Å². The number of halogens is 1. The van der Waals surface area contributed by atoms with Gasteiger partial charge in [0.25, 0.3) is 0 Å². The Hall–Kier alpha value is -3.88. The Bertz CT molecular complexity index is 1150. The standard InChI is InChI=1S/C20H18FN7O.H2/c1-22-19(29)10-16(13-3-5-14(21)6-4-13)27-18-9-17(24-12-25-18)15-11-26-28-8-2-7-23-20(15)28;/h2-9,11-12,16H,10H2,1H3,(H,22,29)(H,24,25,27);1H. The number of hydrogen-bond acceptors (Lipinski definition) is 6. The van der Waals surface area contributed by atoms with Gasteiger partial charge in [-0.2, -0.15) is 5.10 Å². The predicted molar refractivity (Wildman–Crippen MR) is 108 cm³/mol. The van der Waals surface area contributed by atoms with E-state index in [1.165, 1.54) is 18.5 Å². The monoisotopic (exact) mass is 393 g/mol. The van der Waals surface area contributed by atoms with Gasteiger partial charge in [0.1, 0.15) is 18.0 Å². The van der Waals surface area contributed by atoms with Gasteiger partial charge in [0.15, 0.2) is 5.65 Å². The maximum absolute atomic E-state index is 13.3. The van der Waals surface area contributed by atoms with E-state index in [0.717, 1.165) is 11.1 Å². The zero-order valence-corrected chi connectivity index (χ0v) is 15.6. The molecule has 0 saturated carbocycles. The lowest BCUT2D eigenvalue weighted by molar-refractivity contribution is -0.120. The molecule has 2 N–H and O–H groups in total. The Kier molecular flexibility index (Phi) is 5.10. The molecule has 1 aromatic carbocycles. The molecule has 3 heterocycles. The molecule has 29 heavy (non-hydrogen) atoms. The van der Waals surface area contributed by atoms with Crippen molar-refractivity contribution in [3.8, 4) is 11.3 Å². The summed E-state index contributed by atoms with van der Waals surface area (Å²) in [4.78, 5) is 24.9. The highest BCUT2D eigenvalue weighted by atomic mass is 19.1. The fourth-order valence-electron chi connectivity index (χ4n) is 3.00. The Balaban J connectivity index is 0.00000256. The highest BCUT2D eigenvalue weighted by molar-refractivity contribution is 5.77. The first kappa shape index (κ1) is 18.5. The van der Waals surface area contributed by atoms with Crippen molar-refractivity contribution >= 4 is 17.4 Å². The second-order valence-electron chi connectivity index (χ2n) is 6.36. The van der Waals surface area contributed by atoms with Crippen LogP contribution in [0.5, 0.6) is 0 Å². The van der Waals surface area contributed by atoms with Crippen LogP contribution in [-0.2, 0) is 4.79 Å². The minimum atomic E-state index is -0.389. The van der Waals surface area contributed by atoms with Crippen molar-refractivity contribution in [1.82, 2.24) is 29.9 Å². The third-order valence-electron chi connectivity index (χ3n) is 4.49. The number of hydrogen-bond donors (Lipinski definition) is 2. The van der Waals surface area contributed by atoms with E-state index in [9.17, 15) is 9.18 Å². The van der Waals surface area contributed by atoms with Crippen LogP contribution < -0.4 is 10.6 Å². The zero-order chi connectivity index (χ0) is 20.2. The average molecular weight is 393 g/mol. The van der Waals surface area contributed by atoms with E-state index >= 15 is 0 Å². The second kappa shape index (κ2) is 8.01. The minimum absolute atomic E-state index is 0. The van der Waals surface area contributed by atoms with Gasteiger partial charge in [0.05, 0.1) is 29.9 Å². The summed E-state index contributed by atoms with van der Waals surface area (Å²) in [5.41, 5.74) is 2.86. The van der Waals surface area contributed by atoms with E-state index in [4.69, 9.17) is 0 Å². The van der Waals surface area contributed by atoms with E-state index in [-0.39, 0.29) is 25.6 Å². The highest BCUT2D eigenvalue weighted by Crippen LogP contribution is 2.26. The number of amides is 1. The van der Waals surface area contributed by atoms with Crippen LogP contribution in [0, 0.1) is 5.82 Å². The summed E-state index contributed by atoms with van der Waals surface area (Å²) < 4.78 is 15.0. The Morgan fingerprint density at radius 1 is 1.24 bits per heavy atom. The van der Waals surface area contributed by atoms with Crippen LogP contribution in [0.3, 0.4) is 0 Å². The molecule has 1 unspecified atom stereocenters. The lowest BCUT2D eigenvalue weighted by atomic mass is 10.0. The smallest absolute Gasteiger partial charge is 0.222 e. The normalized spacial score (nSPS) is 11.9. The Morgan fingerprint density at radius 3 is 2.86 bits per heavy atom. The van der Waals surface area contributed by atoms with E-state index < -0.39 is 0 Å².